The van der Waals surface area contributed by atoms with Crippen molar-refractivity contribution in [3.63, 3.8) is 0 Å². The Balaban J connectivity index is 1.14. The topological polar surface area (TPSA) is 88.8 Å². The molecule has 10 heteroatoms. The van der Waals surface area contributed by atoms with Crippen LogP contribution in [0, 0.1) is 26.7 Å². The Morgan fingerprint density at radius 2 is 1.88 bits per heavy atom. The number of nitrogens with zero attached hydrogens (tertiary/aromatic N) is 6. The number of thiazole rings is 1. The molecule has 0 spiro atoms. The predicted molar refractivity (Wildman–Crippen MR) is 136 cm³/mol. The number of hydrogen-bond donors (Lipinski definition) is 1. The van der Waals surface area contributed by atoms with E-state index in [1.54, 1.807) is 27.4 Å². The van der Waals surface area contributed by atoms with Crippen LogP contribution in [0.4, 0.5) is 5.82 Å². The number of thiophene rings is 1. The van der Waals surface area contributed by atoms with Crippen molar-refractivity contribution in [1.82, 2.24) is 30.3 Å². The summed E-state index contributed by atoms with van der Waals surface area (Å²) >= 11 is 3.35. The first-order valence-corrected chi connectivity index (χ1v) is 13.1. The normalized spacial score (nSPS) is 14.5. The Labute approximate surface area is 206 Å². The number of rotatable bonds is 6. The molecule has 5 rings (SSSR count). The lowest BCUT2D eigenvalue weighted by molar-refractivity contribution is -0.125. The van der Waals surface area contributed by atoms with Gasteiger partial charge in [-0.2, -0.15) is 5.10 Å². The summed E-state index contributed by atoms with van der Waals surface area (Å²) in [5.74, 6) is 1.69. The minimum atomic E-state index is 0.0168. The predicted octanol–water partition coefficient (Wildman–Crippen LogP) is 4.31. The van der Waals surface area contributed by atoms with Gasteiger partial charge in [-0.25, -0.2) is 9.67 Å². The molecule has 1 saturated heterocycles. The Hall–Kier alpha value is -3.11. The molecule has 1 amide bonds. The van der Waals surface area contributed by atoms with Crippen molar-refractivity contribution in [3.05, 3.63) is 57.7 Å². The number of piperidine rings is 1. The number of carbonyl (C=O) groups is 1. The van der Waals surface area contributed by atoms with Gasteiger partial charge in [0, 0.05) is 29.6 Å². The molecule has 0 radical (unpaired) electrons. The first kappa shape index (κ1) is 22.7. The van der Waals surface area contributed by atoms with E-state index in [1.165, 1.54) is 4.88 Å². The quantitative estimate of drug-likeness (QED) is 0.431. The van der Waals surface area contributed by atoms with E-state index in [2.05, 4.69) is 41.9 Å². The van der Waals surface area contributed by atoms with Gasteiger partial charge in [0.25, 0.3) is 0 Å². The third kappa shape index (κ3) is 4.74. The Morgan fingerprint density at radius 3 is 2.53 bits per heavy atom. The minimum absolute atomic E-state index is 0.0168. The molecule has 0 unspecified atom stereocenters. The second-order valence-electron chi connectivity index (χ2n) is 8.57. The lowest BCUT2D eigenvalue weighted by atomic mass is 9.96. The molecule has 0 bridgehead atoms. The standard InChI is InChI=1S/C24H27N7OS2/c1-15-13-16(2)31(29-15)22-7-6-21(27-28-22)30-10-8-18(9-11-30)23(32)25-14-20-17(3)26-24(34-20)19-5-4-12-33-19/h4-7,12-13,18H,8-11,14H2,1-3H3,(H,25,32). The van der Waals surface area contributed by atoms with Gasteiger partial charge in [-0.1, -0.05) is 6.07 Å². The van der Waals surface area contributed by atoms with Crippen molar-refractivity contribution in [2.75, 3.05) is 18.0 Å². The summed E-state index contributed by atoms with van der Waals surface area (Å²) in [5.41, 5.74) is 2.98. The maximum absolute atomic E-state index is 12.8. The van der Waals surface area contributed by atoms with Crippen LogP contribution in [0.25, 0.3) is 15.7 Å². The number of nitrogens with one attached hydrogen (secondary N) is 1. The highest BCUT2D eigenvalue weighted by atomic mass is 32.1. The highest BCUT2D eigenvalue weighted by Gasteiger charge is 2.26. The molecule has 1 aliphatic heterocycles. The summed E-state index contributed by atoms with van der Waals surface area (Å²) in [5, 5.41) is 19.5. The van der Waals surface area contributed by atoms with Crippen LogP contribution in [0.15, 0.2) is 35.7 Å². The van der Waals surface area contributed by atoms with Crippen LogP contribution in [-0.4, -0.2) is 44.0 Å². The number of anilines is 1. The molecule has 176 valence electrons. The Bertz CT molecular complexity index is 1270. The SMILES string of the molecule is Cc1cc(C)n(-c2ccc(N3CCC(C(=O)NCc4sc(-c5cccs5)nc4C)CC3)nn2)n1. The molecule has 1 N–H and O–H groups in total. The molecular weight excluding hydrogens is 466 g/mol. The van der Waals surface area contributed by atoms with E-state index in [1.807, 2.05) is 45.0 Å². The van der Waals surface area contributed by atoms with Crippen molar-refractivity contribution in [2.24, 2.45) is 5.92 Å². The van der Waals surface area contributed by atoms with Crippen molar-refractivity contribution < 1.29 is 4.79 Å². The van der Waals surface area contributed by atoms with E-state index < -0.39 is 0 Å². The van der Waals surface area contributed by atoms with Crippen LogP contribution in [-0.2, 0) is 11.3 Å². The van der Waals surface area contributed by atoms with Gasteiger partial charge in [0.2, 0.25) is 5.91 Å². The fourth-order valence-electron chi connectivity index (χ4n) is 4.24. The maximum atomic E-state index is 12.8. The van der Waals surface area contributed by atoms with E-state index >= 15 is 0 Å². The number of hydrogen-bond acceptors (Lipinski definition) is 8. The molecule has 34 heavy (non-hydrogen) atoms. The largest absolute Gasteiger partial charge is 0.355 e. The van der Waals surface area contributed by atoms with Crippen LogP contribution in [0.3, 0.4) is 0 Å². The summed E-state index contributed by atoms with van der Waals surface area (Å²) in [6.45, 7) is 8.08. The van der Waals surface area contributed by atoms with Crippen LogP contribution < -0.4 is 10.2 Å². The minimum Gasteiger partial charge on any atom is -0.355 e. The summed E-state index contributed by atoms with van der Waals surface area (Å²) in [6.07, 6.45) is 1.60. The molecule has 0 aliphatic carbocycles. The van der Waals surface area contributed by atoms with E-state index in [0.29, 0.717) is 12.4 Å². The van der Waals surface area contributed by atoms with E-state index in [4.69, 9.17) is 0 Å². The molecule has 1 aliphatic rings. The van der Waals surface area contributed by atoms with Gasteiger partial charge in [0.15, 0.2) is 11.6 Å². The van der Waals surface area contributed by atoms with Gasteiger partial charge in [-0.15, -0.1) is 32.9 Å². The third-order valence-electron chi connectivity index (χ3n) is 6.10. The average Bonchev–Trinajstić information content (AvgIpc) is 3.58. The zero-order valence-electron chi connectivity index (χ0n) is 19.5. The lowest BCUT2D eigenvalue weighted by Crippen LogP contribution is -2.40. The molecule has 0 atom stereocenters. The van der Waals surface area contributed by atoms with Crippen molar-refractivity contribution in [2.45, 2.75) is 40.2 Å². The van der Waals surface area contributed by atoms with Gasteiger partial charge in [0.05, 0.1) is 22.8 Å². The molecule has 4 aromatic heterocycles. The van der Waals surface area contributed by atoms with Gasteiger partial charge in [-0.05, 0) is 63.3 Å². The summed E-state index contributed by atoms with van der Waals surface area (Å²) in [4.78, 5) is 22.0. The summed E-state index contributed by atoms with van der Waals surface area (Å²) in [6, 6.07) is 10.1. The molecule has 0 aromatic carbocycles. The number of amides is 1. The second kappa shape index (κ2) is 9.63. The zero-order chi connectivity index (χ0) is 23.7. The first-order chi connectivity index (χ1) is 16.5. The van der Waals surface area contributed by atoms with Crippen LogP contribution >= 0.6 is 22.7 Å². The highest BCUT2D eigenvalue weighted by Crippen LogP contribution is 2.31. The maximum Gasteiger partial charge on any atom is 0.223 e. The summed E-state index contributed by atoms with van der Waals surface area (Å²) in [7, 11) is 0. The van der Waals surface area contributed by atoms with Gasteiger partial charge >= 0.3 is 0 Å². The van der Waals surface area contributed by atoms with Crippen molar-refractivity contribution >= 4 is 34.4 Å². The van der Waals surface area contributed by atoms with Crippen molar-refractivity contribution in [3.8, 4) is 15.7 Å². The molecule has 4 aromatic rings. The smallest absolute Gasteiger partial charge is 0.223 e. The van der Waals surface area contributed by atoms with Crippen molar-refractivity contribution in [1.29, 1.82) is 0 Å². The lowest BCUT2D eigenvalue weighted by Gasteiger charge is -2.31. The Morgan fingerprint density at radius 1 is 1.12 bits per heavy atom. The second-order valence-corrected chi connectivity index (χ2v) is 10.6. The van der Waals surface area contributed by atoms with Crippen LogP contribution in [0.5, 0.6) is 0 Å². The van der Waals surface area contributed by atoms with E-state index in [-0.39, 0.29) is 11.8 Å². The molecular formula is C24H27N7OS2. The summed E-state index contributed by atoms with van der Waals surface area (Å²) < 4.78 is 1.80. The Kier molecular flexibility index (Phi) is 6.42. The number of aromatic nitrogens is 5. The third-order valence-corrected chi connectivity index (χ3v) is 8.30. The monoisotopic (exact) mass is 493 g/mol. The highest BCUT2D eigenvalue weighted by molar-refractivity contribution is 7.21. The molecule has 8 nitrogen and oxygen atoms in total. The average molecular weight is 494 g/mol. The van der Waals surface area contributed by atoms with Gasteiger partial charge in [-0.3, -0.25) is 4.79 Å². The number of carbonyl (C=O) groups excluding carboxylic acids is 1. The van der Waals surface area contributed by atoms with Crippen LogP contribution in [0.1, 0.15) is 34.8 Å². The van der Waals surface area contributed by atoms with Gasteiger partial charge < -0.3 is 10.2 Å². The van der Waals surface area contributed by atoms with Crippen LogP contribution in [0.2, 0.25) is 0 Å². The van der Waals surface area contributed by atoms with E-state index in [0.717, 1.165) is 58.7 Å². The zero-order valence-corrected chi connectivity index (χ0v) is 21.1. The number of aryl methyl sites for hydroxylation is 3. The van der Waals surface area contributed by atoms with Gasteiger partial charge in [0.1, 0.15) is 5.01 Å². The fourth-order valence-corrected chi connectivity index (χ4v) is 6.04. The molecule has 1 fully saturated rings. The first-order valence-electron chi connectivity index (χ1n) is 11.4. The van der Waals surface area contributed by atoms with E-state index in [9.17, 15) is 4.79 Å². The molecule has 5 heterocycles. The molecule has 0 saturated carbocycles. The fraction of sp³-hybridized carbons (Fsp3) is 0.375.